The van der Waals surface area contributed by atoms with E-state index in [0.29, 0.717) is 0 Å². The Bertz CT molecular complexity index is 510. The second-order valence-electron chi connectivity index (χ2n) is 5.64. The fraction of sp³-hybridized carbons (Fsp3) is 0.611. The number of methoxy groups -OCH3 is 2. The van der Waals surface area contributed by atoms with Gasteiger partial charge in [-0.1, -0.05) is 6.07 Å². The number of guanidine groups is 1. The van der Waals surface area contributed by atoms with Crippen molar-refractivity contribution in [1.82, 2.24) is 10.6 Å². The second-order valence-corrected chi connectivity index (χ2v) is 5.64. The molecule has 6 nitrogen and oxygen atoms in total. The van der Waals surface area contributed by atoms with Gasteiger partial charge in [-0.05, 0) is 44.4 Å². The Hall–Kier alpha value is -1.22. The van der Waals surface area contributed by atoms with Crippen molar-refractivity contribution >= 4 is 29.9 Å². The molecule has 0 atom stereocenters. The Morgan fingerprint density at radius 3 is 2.36 bits per heavy atom. The summed E-state index contributed by atoms with van der Waals surface area (Å²) in [4.78, 5) is 4.22. The molecule has 2 N–H and O–H groups in total. The first kappa shape index (κ1) is 23.8. The zero-order valence-electron chi connectivity index (χ0n) is 15.9. The summed E-state index contributed by atoms with van der Waals surface area (Å²) in [5.74, 6) is 2.30. The first-order valence-electron chi connectivity index (χ1n) is 8.37. The predicted octanol–water partition coefficient (Wildman–Crippen LogP) is 2.84. The lowest BCUT2D eigenvalue weighted by Gasteiger charge is -2.13. The highest BCUT2D eigenvalue weighted by Crippen LogP contribution is 2.27. The summed E-state index contributed by atoms with van der Waals surface area (Å²) in [6.45, 7) is 6.47. The van der Waals surface area contributed by atoms with Gasteiger partial charge in [-0.2, -0.15) is 0 Å². The summed E-state index contributed by atoms with van der Waals surface area (Å²) in [6, 6.07) is 5.97. The van der Waals surface area contributed by atoms with E-state index in [4.69, 9.17) is 14.2 Å². The average Bonchev–Trinajstić information content (AvgIpc) is 2.59. The lowest BCUT2D eigenvalue weighted by molar-refractivity contribution is 0.0776. The number of benzene rings is 1. The van der Waals surface area contributed by atoms with Crippen molar-refractivity contribution in [1.29, 1.82) is 0 Å². The molecule has 0 saturated heterocycles. The molecule has 0 saturated carbocycles. The molecule has 25 heavy (non-hydrogen) atoms. The number of halogens is 1. The van der Waals surface area contributed by atoms with Crippen molar-refractivity contribution in [3.05, 3.63) is 23.8 Å². The Labute approximate surface area is 168 Å². The maximum Gasteiger partial charge on any atom is 0.190 e. The van der Waals surface area contributed by atoms with E-state index >= 15 is 0 Å². The lowest BCUT2D eigenvalue weighted by Crippen LogP contribution is -2.39. The second kappa shape index (κ2) is 14.0. The number of ether oxygens (including phenoxy) is 3. The molecule has 0 unspecified atom stereocenters. The van der Waals surface area contributed by atoms with Crippen LogP contribution in [0.1, 0.15) is 25.8 Å². The molecule has 0 bridgehead atoms. The van der Waals surface area contributed by atoms with Crippen LogP contribution in [0.25, 0.3) is 0 Å². The van der Waals surface area contributed by atoms with Crippen LogP contribution in [0, 0.1) is 0 Å². The summed E-state index contributed by atoms with van der Waals surface area (Å²) in [7, 11) is 5.06. The van der Waals surface area contributed by atoms with Gasteiger partial charge in [0.25, 0.3) is 0 Å². The monoisotopic (exact) mass is 465 g/mol. The topological polar surface area (TPSA) is 64.1 Å². The van der Waals surface area contributed by atoms with E-state index in [1.165, 1.54) is 5.56 Å². The van der Waals surface area contributed by atoms with E-state index < -0.39 is 0 Å². The van der Waals surface area contributed by atoms with Crippen LogP contribution in [-0.4, -0.2) is 53.0 Å². The molecule has 0 aromatic heterocycles. The minimum absolute atomic E-state index is 0. The maximum atomic E-state index is 5.51. The lowest BCUT2D eigenvalue weighted by atomic mass is 10.1. The third-order valence-electron chi connectivity index (χ3n) is 3.44. The van der Waals surface area contributed by atoms with Crippen molar-refractivity contribution in [3.8, 4) is 11.5 Å². The van der Waals surface area contributed by atoms with Crippen molar-refractivity contribution in [2.24, 2.45) is 4.99 Å². The molecular formula is C18H32IN3O3. The fourth-order valence-corrected chi connectivity index (χ4v) is 2.18. The number of hydrogen-bond donors (Lipinski definition) is 2. The largest absolute Gasteiger partial charge is 0.493 e. The molecular weight excluding hydrogens is 433 g/mol. The van der Waals surface area contributed by atoms with E-state index in [2.05, 4.69) is 15.6 Å². The van der Waals surface area contributed by atoms with Crippen LogP contribution in [0.4, 0.5) is 0 Å². The zero-order valence-corrected chi connectivity index (χ0v) is 18.3. The number of hydrogen-bond acceptors (Lipinski definition) is 4. The van der Waals surface area contributed by atoms with Crippen LogP contribution in [0.5, 0.6) is 11.5 Å². The van der Waals surface area contributed by atoms with Gasteiger partial charge >= 0.3 is 0 Å². The molecule has 1 aromatic rings. The van der Waals surface area contributed by atoms with Gasteiger partial charge in [-0.15, -0.1) is 24.0 Å². The van der Waals surface area contributed by atoms with Crippen LogP contribution in [0.2, 0.25) is 0 Å². The van der Waals surface area contributed by atoms with Crippen LogP contribution < -0.4 is 20.1 Å². The molecule has 1 aromatic carbocycles. The van der Waals surface area contributed by atoms with Crippen LogP contribution in [0.15, 0.2) is 23.2 Å². The molecule has 0 heterocycles. The first-order chi connectivity index (χ1) is 11.6. The molecule has 0 aliphatic carbocycles. The van der Waals surface area contributed by atoms with E-state index in [1.54, 1.807) is 21.3 Å². The molecule has 1 rings (SSSR count). The van der Waals surface area contributed by atoms with Gasteiger partial charge in [0.15, 0.2) is 17.5 Å². The highest BCUT2D eigenvalue weighted by atomic mass is 127. The zero-order chi connectivity index (χ0) is 17.8. The van der Waals surface area contributed by atoms with Crippen LogP contribution in [-0.2, 0) is 11.2 Å². The predicted molar refractivity (Wildman–Crippen MR) is 114 cm³/mol. The highest BCUT2D eigenvalue weighted by molar-refractivity contribution is 14.0. The third-order valence-corrected chi connectivity index (χ3v) is 3.44. The standard InChI is InChI=1S/C18H31N3O3.HI/c1-14(2)24-12-6-10-20-18(19-3)21-11-9-15-7-8-16(22-4)17(13-15)23-5;/h7-8,13-14H,6,9-12H2,1-5H3,(H2,19,20,21);1H. The Balaban J connectivity index is 0.00000576. The number of nitrogens with one attached hydrogen (secondary N) is 2. The first-order valence-corrected chi connectivity index (χ1v) is 8.37. The van der Waals surface area contributed by atoms with Gasteiger partial charge in [0.05, 0.1) is 20.3 Å². The van der Waals surface area contributed by atoms with Gasteiger partial charge in [0, 0.05) is 26.7 Å². The smallest absolute Gasteiger partial charge is 0.190 e. The van der Waals surface area contributed by atoms with Gasteiger partial charge in [0.2, 0.25) is 0 Å². The normalized spacial score (nSPS) is 11.0. The quantitative estimate of drug-likeness (QED) is 0.241. The van der Waals surface area contributed by atoms with E-state index in [9.17, 15) is 0 Å². The molecule has 0 radical (unpaired) electrons. The SMILES string of the molecule is CN=C(NCCCOC(C)C)NCCc1ccc(OC)c(OC)c1.I. The molecule has 0 aliphatic rings. The van der Waals surface area contributed by atoms with Crippen LogP contribution in [0.3, 0.4) is 0 Å². The van der Waals surface area contributed by atoms with Gasteiger partial charge < -0.3 is 24.8 Å². The maximum absolute atomic E-state index is 5.51. The average molecular weight is 465 g/mol. The Morgan fingerprint density at radius 1 is 1.08 bits per heavy atom. The van der Waals surface area contributed by atoms with Gasteiger partial charge in [0.1, 0.15) is 0 Å². The van der Waals surface area contributed by atoms with E-state index in [-0.39, 0.29) is 30.1 Å². The summed E-state index contributed by atoms with van der Waals surface area (Å²) in [6.07, 6.45) is 2.11. The van der Waals surface area contributed by atoms with Crippen molar-refractivity contribution in [2.45, 2.75) is 32.8 Å². The molecule has 0 spiro atoms. The third kappa shape index (κ3) is 9.74. The van der Waals surface area contributed by atoms with Crippen LogP contribution >= 0.6 is 24.0 Å². The van der Waals surface area contributed by atoms with Crippen molar-refractivity contribution < 1.29 is 14.2 Å². The molecule has 0 amide bonds. The number of aliphatic imine (C=N–C) groups is 1. The van der Waals surface area contributed by atoms with Gasteiger partial charge in [-0.25, -0.2) is 0 Å². The molecule has 0 aliphatic heterocycles. The minimum Gasteiger partial charge on any atom is -0.493 e. The molecule has 144 valence electrons. The van der Waals surface area contributed by atoms with Crippen molar-refractivity contribution in [3.63, 3.8) is 0 Å². The minimum atomic E-state index is 0. The number of rotatable bonds is 10. The summed E-state index contributed by atoms with van der Waals surface area (Å²) in [5.41, 5.74) is 1.18. The number of nitrogens with zero attached hydrogens (tertiary/aromatic N) is 1. The van der Waals surface area contributed by atoms with E-state index in [1.807, 2.05) is 32.0 Å². The Morgan fingerprint density at radius 2 is 1.76 bits per heavy atom. The fourth-order valence-electron chi connectivity index (χ4n) is 2.18. The summed E-state index contributed by atoms with van der Waals surface area (Å²) in [5, 5.41) is 6.59. The molecule has 0 fully saturated rings. The summed E-state index contributed by atoms with van der Waals surface area (Å²) < 4.78 is 16.1. The highest BCUT2D eigenvalue weighted by Gasteiger charge is 2.05. The molecule has 7 heteroatoms. The van der Waals surface area contributed by atoms with E-state index in [0.717, 1.165) is 50.0 Å². The van der Waals surface area contributed by atoms with Crippen molar-refractivity contribution in [2.75, 3.05) is 41.0 Å². The van der Waals surface area contributed by atoms with Gasteiger partial charge in [-0.3, -0.25) is 4.99 Å². The Kier molecular flexibility index (Phi) is 13.3. The summed E-state index contributed by atoms with van der Waals surface area (Å²) >= 11 is 0.